The number of likely N-dealkylation sites (tertiary alicyclic amines) is 1. The van der Waals surface area contributed by atoms with E-state index >= 15 is 0 Å². The molecule has 2 N–H and O–H groups in total. The Kier molecular flexibility index (Phi) is 6.21. The third-order valence-corrected chi connectivity index (χ3v) is 7.94. The van der Waals surface area contributed by atoms with Gasteiger partial charge in [0.1, 0.15) is 0 Å². The highest BCUT2D eigenvalue weighted by molar-refractivity contribution is 6.02. The molecule has 13 heteroatoms. The number of pyridine rings is 1. The molecule has 1 aliphatic carbocycles. The number of carbonyl (C=O) groups is 3. The maximum atomic E-state index is 13.3. The number of benzene rings is 1. The van der Waals surface area contributed by atoms with Crippen LogP contribution in [0.3, 0.4) is 0 Å². The van der Waals surface area contributed by atoms with Crippen LogP contribution in [0.25, 0.3) is 5.52 Å². The number of piperazine rings is 1. The van der Waals surface area contributed by atoms with Crippen molar-refractivity contribution in [2.24, 2.45) is 5.41 Å². The Morgan fingerprint density at radius 3 is 2.60 bits per heavy atom. The van der Waals surface area contributed by atoms with Gasteiger partial charge >= 0.3 is 12.2 Å². The van der Waals surface area contributed by atoms with Crippen molar-refractivity contribution in [1.29, 1.82) is 0 Å². The number of carbonyl (C=O) groups excluding carboxylic acids is 3. The lowest BCUT2D eigenvalue weighted by Crippen LogP contribution is -2.67. The molecule has 1 saturated carbocycles. The number of nitrogens with zero attached hydrogens (tertiary/aromatic N) is 5. The van der Waals surface area contributed by atoms with Gasteiger partial charge in [-0.1, -0.05) is 6.07 Å². The number of alkyl halides is 3. The third kappa shape index (κ3) is 4.85. The largest absolute Gasteiger partial charge is 0.416 e. The molecule has 0 radical (unpaired) electrons. The summed E-state index contributed by atoms with van der Waals surface area (Å²) >= 11 is 0. The topological polar surface area (TPSA) is 102 Å². The summed E-state index contributed by atoms with van der Waals surface area (Å²) in [4.78, 5) is 43.6. The lowest BCUT2D eigenvalue weighted by atomic mass is 9.60. The summed E-state index contributed by atoms with van der Waals surface area (Å²) in [5.74, 6) is -0.131. The molecule has 1 aromatic carbocycles. The number of hydrogen-bond donors (Lipinski definition) is 2. The van der Waals surface area contributed by atoms with Gasteiger partial charge in [0.15, 0.2) is 0 Å². The van der Waals surface area contributed by atoms with E-state index in [0.717, 1.165) is 24.4 Å². The predicted octanol–water partition coefficient (Wildman–Crippen LogP) is 3.06. The Balaban J connectivity index is 1.03. The molecule has 3 fully saturated rings. The van der Waals surface area contributed by atoms with Crippen LogP contribution in [0.15, 0.2) is 48.8 Å². The van der Waals surface area contributed by atoms with Crippen LogP contribution < -0.4 is 15.5 Å². The monoisotopic (exact) mass is 555 g/mol. The summed E-state index contributed by atoms with van der Waals surface area (Å²) in [5, 5.41) is 9.57. The summed E-state index contributed by atoms with van der Waals surface area (Å²) in [6, 6.07) is 7.45. The van der Waals surface area contributed by atoms with Gasteiger partial charge in [0.2, 0.25) is 5.91 Å². The van der Waals surface area contributed by atoms with Gasteiger partial charge < -0.3 is 20.4 Å². The zero-order valence-corrected chi connectivity index (χ0v) is 21.7. The molecular formula is C27H28F3N7O3. The average Bonchev–Trinajstić information content (AvgIpc) is 3.27. The summed E-state index contributed by atoms with van der Waals surface area (Å²) in [6.07, 6.45) is 0.157. The van der Waals surface area contributed by atoms with Gasteiger partial charge in [0.25, 0.3) is 5.91 Å². The first-order valence-corrected chi connectivity index (χ1v) is 13.0. The number of halogens is 3. The van der Waals surface area contributed by atoms with Crippen molar-refractivity contribution in [1.82, 2.24) is 24.7 Å². The molecule has 2 aromatic heterocycles. The van der Waals surface area contributed by atoms with Crippen molar-refractivity contribution in [2.45, 2.75) is 25.1 Å². The molecule has 0 bridgehead atoms. The number of anilines is 2. The van der Waals surface area contributed by atoms with Crippen LogP contribution in [0, 0.1) is 5.41 Å². The molecule has 4 amide bonds. The zero-order valence-electron chi connectivity index (χ0n) is 21.7. The number of amides is 4. The Bertz CT molecular complexity index is 1490. The summed E-state index contributed by atoms with van der Waals surface area (Å²) in [6.45, 7) is 2.78. The van der Waals surface area contributed by atoms with Crippen molar-refractivity contribution in [3.63, 3.8) is 0 Å². The van der Waals surface area contributed by atoms with E-state index in [2.05, 4.69) is 15.7 Å². The molecule has 1 spiro atoms. The number of hydrogen-bond acceptors (Lipinski definition) is 5. The van der Waals surface area contributed by atoms with Crippen LogP contribution >= 0.6 is 0 Å². The van der Waals surface area contributed by atoms with Gasteiger partial charge in [-0.05, 0) is 50.2 Å². The van der Waals surface area contributed by atoms with Gasteiger partial charge in [-0.25, -0.2) is 9.31 Å². The number of urea groups is 1. The fourth-order valence-corrected chi connectivity index (χ4v) is 5.92. The van der Waals surface area contributed by atoms with Gasteiger partial charge in [-0.15, -0.1) is 0 Å². The van der Waals surface area contributed by atoms with E-state index in [0.29, 0.717) is 50.1 Å². The normalized spacial score (nSPS) is 19.4. The van der Waals surface area contributed by atoms with E-state index in [-0.39, 0.29) is 29.0 Å². The van der Waals surface area contributed by atoms with E-state index < -0.39 is 17.8 Å². The lowest BCUT2D eigenvalue weighted by Gasteiger charge is -2.58. The lowest BCUT2D eigenvalue weighted by molar-refractivity contribution is -0.137. The summed E-state index contributed by atoms with van der Waals surface area (Å²) < 4.78 is 40.4. The molecule has 10 nitrogen and oxygen atoms in total. The van der Waals surface area contributed by atoms with Gasteiger partial charge in [-0.3, -0.25) is 14.5 Å². The molecule has 2 saturated heterocycles. The Hall–Kier alpha value is -4.13. The van der Waals surface area contributed by atoms with Crippen LogP contribution in [0.4, 0.5) is 29.3 Å². The van der Waals surface area contributed by atoms with E-state index in [4.69, 9.17) is 0 Å². The second-order valence-electron chi connectivity index (χ2n) is 11.0. The second kappa shape index (κ2) is 9.51. The van der Waals surface area contributed by atoms with Gasteiger partial charge in [0, 0.05) is 55.2 Å². The summed E-state index contributed by atoms with van der Waals surface area (Å²) in [5.41, 5.74) is 0.987. The molecule has 0 unspecified atom stereocenters. The zero-order chi connectivity index (χ0) is 28.2. The highest BCUT2D eigenvalue weighted by atomic mass is 19.4. The SMILES string of the molecule is CN1CCN(c2ccn3ncc(C(=O)N4CC5(CC(NC(=O)Nc6cccc(C(F)(F)F)c6)C5)C4)c3c2)C(=O)C1. The van der Waals surface area contributed by atoms with Crippen molar-refractivity contribution in [3.05, 3.63) is 59.9 Å². The van der Waals surface area contributed by atoms with Gasteiger partial charge in [0.05, 0.1) is 29.4 Å². The molecule has 40 heavy (non-hydrogen) atoms. The smallest absolute Gasteiger partial charge is 0.337 e. The minimum absolute atomic E-state index is 0.00633. The van der Waals surface area contributed by atoms with E-state index in [1.54, 1.807) is 26.7 Å². The standard InChI is InChI=1S/C27H28F3N7O3/c1-34-7-8-36(23(38)14-34)20-5-6-37-22(10-20)21(13-31-37)24(39)35-15-26(16-35)11-19(12-26)33-25(40)32-18-4-2-3-17(9-18)27(28,29)30/h2-6,9-10,13,19H,7-8,11-12,14-16H2,1H3,(H2,32,33,40). The van der Waals surface area contributed by atoms with Crippen LogP contribution in [-0.4, -0.2) is 83.1 Å². The number of likely N-dealkylation sites (N-methyl/N-ethyl adjacent to an activating group) is 1. The van der Waals surface area contributed by atoms with Crippen molar-refractivity contribution in [3.8, 4) is 0 Å². The fraction of sp³-hybridized carbons (Fsp3) is 0.407. The van der Waals surface area contributed by atoms with Crippen molar-refractivity contribution < 1.29 is 27.6 Å². The van der Waals surface area contributed by atoms with Crippen molar-refractivity contribution in [2.75, 3.05) is 50.0 Å². The maximum absolute atomic E-state index is 13.3. The first kappa shape index (κ1) is 26.1. The minimum atomic E-state index is -4.49. The molecule has 3 aromatic rings. The molecule has 2 aliphatic heterocycles. The van der Waals surface area contributed by atoms with E-state index in [9.17, 15) is 27.6 Å². The molecular weight excluding hydrogens is 527 g/mol. The summed E-state index contributed by atoms with van der Waals surface area (Å²) in [7, 11) is 1.90. The first-order valence-electron chi connectivity index (χ1n) is 13.0. The van der Waals surface area contributed by atoms with Crippen LogP contribution in [0.1, 0.15) is 28.8 Å². The second-order valence-corrected chi connectivity index (χ2v) is 11.0. The predicted molar refractivity (Wildman–Crippen MR) is 140 cm³/mol. The van der Waals surface area contributed by atoms with Crippen LogP contribution in [0.5, 0.6) is 0 Å². The number of fused-ring (bicyclic) bond motifs is 1. The van der Waals surface area contributed by atoms with E-state index in [1.165, 1.54) is 12.1 Å². The highest BCUT2D eigenvalue weighted by Gasteiger charge is 2.54. The molecule has 0 atom stereocenters. The number of nitrogens with one attached hydrogen (secondary N) is 2. The molecule has 4 heterocycles. The van der Waals surface area contributed by atoms with Crippen LogP contribution in [0.2, 0.25) is 0 Å². The quantitative estimate of drug-likeness (QED) is 0.516. The van der Waals surface area contributed by atoms with Crippen LogP contribution in [-0.2, 0) is 11.0 Å². The molecule has 210 valence electrons. The maximum Gasteiger partial charge on any atom is 0.416 e. The van der Waals surface area contributed by atoms with Gasteiger partial charge in [-0.2, -0.15) is 18.3 Å². The minimum Gasteiger partial charge on any atom is -0.337 e. The Morgan fingerprint density at radius 2 is 1.88 bits per heavy atom. The highest BCUT2D eigenvalue weighted by Crippen LogP contribution is 2.49. The third-order valence-electron chi connectivity index (χ3n) is 7.94. The van der Waals surface area contributed by atoms with Crippen molar-refractivity contribution >= 4 is 34.7 Å². The Labute approximate surface area is 227 Å². The first-order chi connectivity index (χ1) is 19.0. The number of rotatable bonds is 4. The molecule has 3 aliphatic rings. The molecule has 6 rings (SSSR count). The fourth-order valence-electron chi connectivity index (χ4n) is 5.92. The average molecular weight is 556 g/mol. The number of aromatic nitrogens is 2. The Morgan fingerprint density at radius 1 is 1.10 bits per heavy atom. The van der Waals surface area contributed by atoms with E-state index in [1.807, 2.05) is 24.1 Å².